The maximum Gasteiger partial charge on any atom is 0.306 e. The third-order valence-corrected chi connectivity index (χ3v) is 16.6. The number of hydrogen-bond donors (Lipinski definition) is 6. The topological polar surface area (TPSA) is 175 Å². The van der Waals surface area contributed by atoms with Gasteiger partial charge in [0.25, 0.3) is 0 Å². The van der Waals surface area contributed by atoms with Crippen LogP contribution in [0.4, 0.5) is 0 Å². The van der Waals surface area contributed by atoms with Crippen molar-refractivity contribution in [2.24, 2.45) is 0 Å². The minimum Gasteiger partial charge on any atom is -0.454 e. The van der Waals surface area contributed by atoms with Crippen molar-refractivity contribution in [3.05, 3.63) is 24.3 Å². The maximum absolute atomic E-state index is 13.4. The smallest absolute Gasteiger partial charge is 0.306 e. The molecule has 80 heavy (non-hydrogen) atoms. The van der Waals surface area contributed by atoms with E-state index in [9.17, 15) is 35.1 Å². The number of allylic oxidation sites excluding steroid dienone is 3. The van der Waals surface area contributed by atoms with Gasteiger partial charge in [-0.05, 0) is 51.4 Å². The van der Waals surface area contributed by atoms with Crippen molar-refractivity contribution in [3.8, 4) is 0 Å². The number of esters is 1. The number of unbranched alkanes of at least 4 members (excludes halogenated alkanes) is 44. The van der Waals surface area contributed by atoms with Crippen LogP contribution in [0.1, 0.15) is 342 Å². The first-order chi connectivity index (χ1) is 39.2. The normalized spacial score (nSPS) is 18.8. The summed E-state index contributed by atoms with van der Waals surface area (Å²) in [7, 11) is 0. The summed E-state index contributed by atoms with van der Waals surface area (Å²) in [5.41, 5.74) is 0. The van der Waals surface area contributed by atoms with Gasteiger partial charge < -0.3 is 45.1 Å². The fourth-order valence-electron chi connectivity index (χ4n) is 11.1. The number of rotatable bonds is 60. The van der Waals surface area contributed by atoms with E-state index in [2.05, 4.69) is 38.2 Å². The summed E-state index contributed by atoms with van der Waals surface area (Å²) >= 11 is 0. The number of carbonyl (C=O) groups is 2. The lowest BCUT2D eigenvalue weighted by Crippen LogP contribution is -2.61. The van der Waals surface area contributed by atoms with E-state index in [1.165, 1.54) is 238 Å². The van der Waals surface area contributed by atoms with Gasteiger partial charge in [-0.15, -0.1) is 0 Å². The lowest BCUT2D eigenvalue weighted by atomic mass is 9.99. The molecule has 0 radical (unpaired) electrons. The van der Waals surface area contributed by atoms with E-state index in [1.54, 1.807) is 6.08 Å². The average molecular weight is 1130 g/mol. The van der Waals surface area contributed by atoms with Gasteiger partial charge >= 0.3 is 5.97 Å². The molecule has 0 bridgehead atoms. The van der Waals surface area contributed by atoms with Gasteiger partial charge in [-0.1, -0.05) is 308 Å². The van der Waals surface area contributed by atoms with Crippen LogP contribution in [0.5, 0.6) is 0 Å². The molecule has 0 aromatic carbocycles. The Morgan fingerprint density at radius 3 is 1.21 bits per heavy atom. The average Bonchev–Trinajstić information content (AvgIpc) is 3.46. The highest BCUT2D eigenvalue weighted by Crippen LogP contribution is 2.26. The molecule has 1 aliphatic rings. The molecular formula is C69H131NO10. The highest BCUT2D eigenvalue weighted by Gasteiger charge is 2.47. The van der Waals surface area contributed by atoms with Crippen LogP contribution in [0.25, 0.3) is 0 Å². The Balaban J connectivity index is 2.54. The lowest BCUT2D eigenvalue weighted by molar-refractivity contribution is -0.305. The number of aliphatic hydroxyl groups is 5. The Morgan fingerprint density at radius 2 is 0.825 bits per heavy atom. The van der Waals surface area contributed by atoms with Gasteiger partial charge in [0, 0.05) is 6.42 Å². The molecule has 1 rings (SSSR count). The second kappa shape index (κ2) is 57.6. The molecule has 8 unspecified atom stereocenters. The minimum atomic E-state index is -1.61. The van der Waals surface area contributed by atoms with E-state index in [0.29, 0.717) is 19.3 Å². The largest absolute Gasteiger partial charge is 0.454 e. The second-order valence-corrected chi connectivity index (χ2v) is 24.3. The molecule has 1 fully saturated rings. The first kappa shape index (κ1) is 76.2. The van der Waals surface area contributed by atoms with E-state index >= 15 is 0 Å². The van der Waals surface area contributed by atoms with Gasteiger partial charge in [0.15, 0.2) is 12.4 Å². The van der Waals surface area contributed by atoms with Crippen molar-refractivity contribution in [3.63, 3.8) is 0 Å². The van der Waals surface area contributed by atoms with Crippen LogP contribution < -0.4 is 5.32 Å². The molecular weight excluding hydrogens is 1000 g/mol. The standard InChI is InChI=1S/C69H131NO10/c1-4-7-10-13-16-19-22-25-27-28-29-30-31-32-33-34-35-36-37-39-42-45-48-51-54-57-64(74)80-67-66(76)65(75)63(58-71)79-69(67)78-59-60(61(72)55-52-49-46-43-40-24-21-18-15-12-9-6-3)70-68(77)62(73)56-53-50-47-44-41-38-26-23-20-17-14-11-8-5-2/h25,27,52,55,60-63,65-67,69,71-73,75-76H,4-24,26,28-51,53-54,56-59H2,1-3H3,(H,70,77)/b27-25+,55-52+. The molecule has 6 N–H and O–H groups in total. The fourth-order valence-corrected chi connectivity index (χ4v) is 11.1. The third-order valence-electron chi connectivity index (χ3n) is 16.6. The van der Waals surface area contributed by atoms with Gasteiger partial charge in [0.2, 0.25) is 5.91 Å². The molecule has 1 amide bonds. The zero-order valence-electron chi connectivity index (χ0n) is 52.5. The van der Waals surface area contributed by atoms with E-state index in [4.69, 9.17) is 14.2 Å². The minimum absolute atomic E-state index is 0.129. The molecule has 11 nitrogen and oxygen atoms in total. The Bertz CT molecular complexity index is 1400. The summed E-state index contributed by atoms with van der Waals surface area (Å²) in [6.45, 7) is 5.83. The lowest BCUT2D eigenvalue weighted by Gasteiger charge is -2.41. The fraction of sp³-hybridized carbons (Fsp3) is 0.913. The Morgan fingerprint density at radius 1 is 0.475 bits per heavy atom. The van der Waals surface area contributed by atoms with Crippen LogP contribution in [0, 0.1) is 0 Å². The van der Waals surface area contributed by atoms with Crippen LogP contribution in [0.3, 0.4) is 0 Å². The van der Waals surface area contributed by atoms with E-state index in [-0.39, 0.29) is 13.0 Å². The molecule has 0 aromatic heterocycles. The molecule has 11 heteroatoms. The predicted molar refractivity (Wildman–Crippen MR) is 334 cm³/mol. The zero-order chi connectivity index (χ0) is 58.2. The third kappa shape index (κ3) is 44.6. The maximum atomic E-state index is 13.4. The molecule has 0 saturated carbocycles. The monoisotopic (exact) mass is 1130 g/mol. The number of hydrogen-bond acceptors (Lipinski definition) is 10. The van der Waals surface area contributed by atoms with Crippen molar-refractivity contribution >= 4 is 11.9 Å². The summed E-state index contributed by atoms with van der Waals surface area (Å²) < 4.78 is 17.7. The van der Waals surface area contributed by atoms with E-state index in [0.717, 1.165) is 57.8 Å². The Kier molecular flexibility index (Phi) is 54.8. The number of ether oxygens (including phenoxy) is 3. The second-order valence-electron chi connectivity index (χ2n) is 24.3. The van der Waals surface area contributed by atoms with Gasteiger partial charge in [-0.25, -0.2) is 0 Å². The number of nitrogens with one attached hydrogen (secondary N) is 1. The molecule has 0 spiro atoms. The summed E-state index contributed by atoms with van der Waals surface area (Å²) in [5.74, 6) is -1.18. The van der Waals surface area contributed by atoms with E-state index in [1.807, 2.05) is 6.08 Å². The first-order valence-electron chi connectivity index (χ1n) is 34.6. The predicted octanol–water partition coefficient (Wildman–Crippen LogP) is 17.2. The molecule has 1 saturated heterocycles. The number of aliphatic hydroxyl groups excluding tert-OH is 5. The zero-order valence-corrected chi connectivity index (χ0v) is 52.5. The SMILES string of the molecule is CCCCCCCC/C=C/CCCCCCCCCCCCCCCCCC(=O)OC1C(OCC(NC(=O)C(O)CCCCCCCCCCCCCCCC)C(O)/C=C/CCCCCCCCCCCC)OC(CO)C(O)C1O. The summed E-state index contributed by atoms with van der Waals surface area (Å²) in [5, 5.41) is 57.1. The number of amides is 1. The highest BCUT2D eigenvalue weighted by atomic mass is 16.7. The number of carbonyl (C=O) groups excluding carboxylic acids is 2. The van der Waals surface area contributed by atoms with Crippen LogP contribution in [-0.2, 0) is 23.8 Å². The van der Waals surface area contributed by atoms with Gasteiger partial charge in [0.05, 0.1) is 25.4 Å². The highest BCUT2D eigenvalue weighted by molar-refractivity contribution is 5.80. The quantitative estimate of drug-likeness (QED) is 0.0195. The molecule has 0 aliphatic carbocycles. The van der Waals surface area contributed by atoms with Crippen LogP contribution >= 0.6 is 0 Å². The van der Waals surface area contributed by atoms with Crippen LogP contribution in [-0.4, -0.2) is 99.6 Å². The van der Waals surface area contributed by atoms with Crippen LogP contribution in [0.2, 0.25) is 0 Å². The molecule has 472 valence electrons. The first-order valence-corrected chi connectivity index (χ1v) is 34.6. The van der Waals surface area contributed by atoms with Crippen molar-refractivity contribution in [2.75, 3.05) is 13.2 Å². The molecule has 1 heterocycles. The summed E-state index contributed by atoms with van der Waals surface area (Å²) in [6, 6.07) is -1.02. The van der Waals surface area contributed by atoms with Crippen molar-refractivity contribution in [2.45, 2.75) is 391 Å². The van der Waals surface area contributed by atoms with Crippen molar-refractivity contribution in [1.29, 1.82) is 0 Å². The van der Waals surface area contributed by atoms with Gasteiger partial charge in [-0.3, -0.25) is 9.59 Å². The van der Waals surface area contributed by atoms with Crippen LogP contribution in [0.15, 0.2) is 24.3 Å². The summed E-state index contributed by atoms with van der Waals surface area (Å²) in [4.78, 5) is 26.6. The van der Waals surface area contributed by atoms with Crippen molar-refractivity contribution in [1.82, 2.24) is 5.32 Å². The van der Waals surface area contributed by atoms with Gasteiger partial charge in [0.1, 0.15) is 24.4 Å². The van der Waals surface area contributed by atoms with E-state index < -0.39 is 67.4 Å². The molecule has 8 atom stereocenters. The molecule has 0 aromatic rings. The molecule has 1 aliphatic heterocycles. The van der Waals surface area contributed by atoms with Gasteiger partial charge in [-0.2, -0.15) is 0 Å². The Labute approximate surface area is 492 Å². The Hall–Kier alpha value is -1.86. The van der Waals surface area contributed by atoms with Crippen molar-refractivity contribution < 1.29 is 49.3 Å². The summed E-state index contributed by atoms with van der Waals surface area (Å²) in [6.07, 6.45) is 58.0.